The maximum absolute atomic E-state index is 5.99. The van der Waals surface area contributed by atoms with Gasteiger partial charge in [-0.3, -0.25) is 4.99 Å². The van der Waals surface area contributed by atoms with Gasteiger partial charge in [-0.25, -0.2) is 0 Å². The Morgan fingerprint density at radius 3 is 2.58 bits per heavy atom. The van der Waals surface area contributed by atoms with Gasteiger partial charge in [0.25, 0.3) is 0 Å². The maximum Gasteiger partial charge on any atom is 0.193 e. The number of hydrogen-bond acceptors (Lipinski definition) is 2. The fourth-order valence-corrected chi connectivity index (χ4v) is 2.48. The molecule has 4 heteroatoms. The molecule has 0 aliphatic carbocycles. The van der Waals surface area contributed by atoms with Gasteiger partial charge < -0.3 is 16.0 Å². The summed E-state index contributed by atoms with van der Waals surface area (Å²) in [6, 6.07) is 18.7. The van der Waals surface area contributed by atoms with Crippen molar-refractivity contribution in [3.63, 3.8) is 0 Å². The van der Waals surface area contributed by atoms with Gasteiger partial charge in [0.1, 0.15) is 0 Å². The first kappa shape index (κ1) is 18.0. The number of nitrogens with two attached hydrogens (primary N) is 1. The molecule has 0 radical (unpaired) electrons. The SMILES string of the molecule is CC(C)c1cccc(NC(N)=NCCN(C)Cc2ccccc2)c1. The van der Waals surface area contributed by atoms with E-state index < -0.39 is 0 Å². The molecule has 3 N–H and O–H groups in total. The van der Waals surface area contributed by atoms with Gasteiger partial charge >= 0.3 is 0 Å². The Hall–Kier alpha value is -2.33. The highest BCUT2D eigenvalue weighted by Gasteiger charge is 2.02. The molecule has 0 saturated carbocycles. The largest absolute Gasteiger partial charge is 0.370 e. The zero-order valence-corrected chi connectivity index (χ0v) is 14.9. The summed E-state index contributed by atoms with van der Waals surface area (Å²) < 4.78 is 0. The molecule has 2 rings (SSSR count). The number of anilines is 1. The zero-order chi connectivity index (χ0) is 17.4. The summed E-state index contributed by atoms with van der Waals surface area (Å²) in [5.74, 6) is 0.959. The predicted octanol–water partition coefficient (Wildman–Crippen LogP) is 3.67. The van der Waals surface area contributed by atoms with Crippen LogP contribution in [-0.4, -0.2) is 31.0 Å². The summed E-state index contributed by atoms with van der Waals surface area (Å²) in [5, 5.41) is 3.17. The van der Waals surface area contributed by atoms with Crippen LogP contribution < -0.4 is 11.1 Å². The molecule has 0 fully saturated rings. The standard InChI is InChI=1S/C20H28N4/c1-16(2)18-10-7-11-19(14-18)23-20(21)22-12-13-24(3)15-17-8-5-4-6-9-17/h4-11,14,16H,12-13,15H2,1-3H3,(H3,21,22,23). The molecule has 0 heterocycles. The van der Waals surface area contributed by atoms with Crippen LogP contribution in [0.25, 0.3) is 0 Å². The van der Waals surface area contributed by atoms with Gasteiger partial charge in [0.15, 0.2) is 5.96 Å². The molecule has 0 aromatic heterocycles. The van der Waals surface area contributed by atoms with E-state index in [2.05, 4.69) is 72.5 Å². The minimum Gasteiger partial charge on any atom is -0.370 e. The van der Waals surface area contributed by atoms with E-state index in [1.807, 2.05) is 18.2 Å². The first-order valence-corrected chi connectivity index (χ1v) is 8.44. The number of guanidine groups is 1. The molecular weight excluding hydrogens is 296 g/mol. The van der Waals surface area contributed by atoms with Gasteiger partial charge in [0.2, 0.25) is 0 Å². The summed E-state index contributed by atoms with van der Waals surface area (Å²) in [5.41, 5.74) is 9.57. The van der Waals surface area contributed by atoms with E-state index in [0.717, 1.165) is 18.8 Å². The highest BCUT2D eigenvalue weighted by atomic mass is 15.1. The molecular formula is C20H28N4. The van der Waals surface area contributed by atoms with E-state index in [4.69, 9.17) is 5.73 Å². The Morgan fingerprint density at radius 1 is 1.12 bits per heavy atom. The Bertz CT molecular complexity index is 650. The van der Waals surface area contributed by atoms with Crippen molar-refractivity contribution in [1.29, 1.82) is 0 Å². The normalized spacial score (nSPS) is 12.0. The van der Waals surface area contributed by atoms with E-state index in [9.17, 15) is 0 Å². The third-order valence-electron chi connectivity index (χ3n) is 3.88. The van der Waals surface area contributed by atoms with Crippen LogP contribution in [0.5, 0.6) is 0 Å². The lowest BCUT2D eigenvalue weighted by molar-refractivity contribution is 0.336. The minimum absolute atomic E-state index is 0.462. The van der Waals surface area contributed by atoms with Gasteiger partial charge in [-0.2, -0.15) is 0 Å². The molecule has 0 unspecified atom stereocenters. The molecule has 0 atom stereocenters. The van der Waals surface area contributed by atoms with Crippen molar-refractivity contribution >= 4 is 11.6 Å². The first-order chi connectivity index (χ1) is 11.5. The lowest BCUT2D eigenvalue weighted by atomic mass is 10.0. The van der Waals surface area contributed by atoms with Crippen LogP contribution in [-0.2, 0) is 6.54 Å². The maximum atomic E-state index is 5.99. The summed E-state index contributed by atoms with van der Waals surface area (Å²) >= 11 is 0. The second-order valence-electron chi connectivity index (χ2n) is 6.40. The molecule has 0 bridgehead atoms. The number of nitrogens with zero attached hydrogens (tertiary/aromatic N) is 2. The highest BCUT2D eigenvalue weighted by molar-refractivity contribution is 5.92. The summed E-state index contributed by atoms with van der Waals surface area (Å²) in [6.07, 6.45) is 0. The summed E-state index contributed by atoms with van der Waals surface area (Å²) in [4.78, 5) is 6.66. The topological polar surface area (TPSA) is 53.6 Å². The predicted molar refractivity (Wildman–Crippen MR) is 103 cm³/mol. The third kappa shape index (κ3) is 6.05. The van der Waals surface area contributed by atoms with Crippen molar-refractivity contribution in [2.75, 3.05) is 25.5 Å². The van der Waals surface area contributed by atoms with Crippen molar-refractivity contribution in [2.45, 2.75) is 26.3 Å². The molecule has 0 aliphatic heterocycles. The Morgan fingerprint density at radius 2 is 1.88 bits per heavy atom. The second kappa shape index (κ2) is 9.08. The molecule has 24 heavy (non-hydrogen) atoms. The van der Waals surface area contributed by atoms with E-state index in [1.54, 1.807) is 0 Å². The van der Waals surface area contributed by atoms with Crippen LogP contribution in [0.3, 0.4) is 0 Å². The summed E-state index contributed by atoms with van der Waals surface area (Å²) in [7, 11) is 2.10. The van der Waals surface area contributed by atoms with Gasteiger partial charge in [-0.1, -0.05) is 56.3 Å². The lowest BCUT2D eigenvalue weighted by Gasteiger charge is -2.15. The van der Waals surface area contributed by atoms with Crippen molar-refractivity contribution in [3.8, 4) is 0 Å². The number of likely N-dealkylation sites (N-methyl/N-ethyl adjacent to an activating group) is 1. The van der Waals surface area contributed by atoms with Crippen LogP contribution in [0, 0.1) is 0 Å². The van der Waals surface area contributed by atoms with Crippen molar-refractivity contribution in [1.82, 2.24) is 4.90 Å². The zero-order valence-electron chi connectivity index (χ0n) is 14.9. The molecule has 4 nitrogen and oxygen atoms in total. The smallest absolute Gasteiger partial charge is 0.193 e. The molecule has 0 amide bonds. The lowest BCUT2D eigenvalue weighted by Crippen LogP contribution is -2.26. The quantitative estimate of drug-likeness (QED) is 0.603. The molecule has 0 spiro atoms. The van der Waals surface area contributed by atoms with Crippen LogP contribution in [0.4, 0.5) is 5.69 Å². The number of hydrogen-bond donors (Lipinski definition) is 2. The monoisotopic (exact) mass is 324 g/mol. The van der Waals surface area contributed by atoms with Crippen LogP contribution in [0.15, 0.2) is 59.6 Å². The van der Waals surface area contributed by atoms with Crippen LogP contribution >= 0.6 is 0 Å². The average Bonchev–Trinajstić information content (AvgIpc) is 2.56. The van der Waals surface area contributed by atoms with Gasteiger partial charge in [0.05, 0.1) is 6.54 Å². The fourth-order valence-electron chi connectivity index (χ4n) is 2.48. The molecule has 128 valence electrons. The Labute approximate surface area is 145 Å². The van der Waals surface area contributed by atoms with E-state index in [0.29, 0.717) is 18.4 Å². The molecule has 2 aromatic carbocycles. The van der Waals surface area contributed by atoms with Gasteiger partial charge in [0, 0.05) is 18.8 Å². The summed E-state index contributed by atoms with van der Waals surface area (Å²) in [6.45, 7) is 6.81. The minimum atomic E-state index is 0.462. The van der Waals surface area contributed by atoms with Crippen molar-refractivity contribution < 1.29 is 0 Å². The second-order valence-corrected chi connectivity index (χ2v) is 6.40. The first-order valence-electron chi connectivity index (χ1n) is 8.44. The van der Waals surface area contributed by atoms with E-state index in [-0.39, 0.29) is 0 Å². The van der Waals surface area contributed by atoms with Crippen LogP contribution in [0.2, 0.25) is 0 Å². The Kier molecular flexibility index (Phi) is 6.82. The molecule has 0 saturated heterocycles. The van der Waals surface area contributed by atoms with E-state index in [1.165, 1.54) is 11.1 Å². The number of aliphatic imine (C=N–C) groups is 1. The number of rotatable bonds is 7. The third-order valence-corrected chi connectivity index (χ3v) is 3.88. The average molecular weight is 324 g/mol. The van der Waals surface area contributed by atoms with Gasteiger partial charge in [-0.05, 0) is 36.2 Å². The van der Waals surface area contributed by atoms with Crippen LogP contribution in [0.1, 0.15) is 30.9 Å². The Balaban J connectivity index is 1.80. The number of benzene rings is 2. The van der Waals surface area contributed by atoms with Crippen molar-refractivity contribution in [3.05, 3.63) is 65.7 Å². The van der Waals surface area contributed by atoms with Gasteiger partial charge in [-0.15, -0.1) is 0 Å². The van der Waals surface area contributed by atoms with Crippen molar-refractivity contribution in [2.24, 2.45) is 10.7 Å². The fraction of sp³-hybridized carbons (Fsp3) is 0.350. The van der Waals surface area contributed by atoms with E-state index >= 15 is 0 Å². The molecule has 2 aromatic rings. The highest BCUT2D eigenvalue weighted by Crippen LogP contribution is 2.18. The number of nitrogens with one attached hydrogen (secondary N) is 1. The molecule has 0 aliphatic rings.